The maximum Gasteiger partial charge on any atom is 0.341 e. The third-order valence-electron chi connectivity index (χ3n) is 4.51. The molecule has 0 aliphatic carbocycles. The molecule has 3 aromatic rings. The summed E-state index contributed by atoms with van der Waals surface area (Å²) in [4.78, 5) is 24.6. The normalized spacial score (nSPS) is 10.8. The summed E-state index contributed by atoms with van der Waals surface area (Å²) >= 11 is 0. The molecule has 32 heavy (non-hydrogen) atoms. The van der Waals surface area contributed by atoms with Gasteiger partial charge in [-0.05, 0) is 61.4 Å². The first kappa shape index (κ1) is 22.8. The molecule has 0 saturated carbocycles. The molecular weight excluding hydrogens is 432 g/mol. The number of rotatable bonds is 6. The Bertz CT molecular complexity index is 1270. The molecule has 2 N–H and O–H groups in total. The van der Waals surface area contributed by atoms with Crippen LogP contribution in [0.4, 0.5) is 16.2 Å². The van der Waals surface area contributed by atoms with E-state index in [4.69, 9.17) is 8.92 Å². The smallest absolute Gasteiger partial charge is 0.341 e. The Morgan fingerprint density at radius 3 is 2.31 bits per heavy atom. The van der Waals surface area contributed by atoms with Crippen LogP contribution in [0.3, 0.4) is 0 Å². The summed E-state index contributed by atoms with van der Waals surface area (Å²) in [7, 11) is -3.03. The van der Waals surface area contributed by atoms with Gasteiger partial charge in [-0.3, -0.25) is 0 Å². The molecule has 0 radical (unpaired) electrons. The molecule has 0 atom stereocenters. The second-order valence-corrected chi connectivity index (χ2v) is 8.50. The fourth-order valence-corrected chi connectivity index (χ4v) is 3.94. The van der Waals surface area contributed by atoms with Crippen molar-refractivity contribution in [2.75, 3.05) is 17.7 Å². The molecule has 0 unspecified atom stereocenters. The molecule has 8 nitrogen and oxygen atoms in total. The molecule has 0 bridgehead atoms. The third-order valence-corrected chi connectivity index (χ3v) is 5.74. The molecule has 0 saturated heterocycles. The van der Waals surface area contributed by atoms with Crippen LogP contribution in [-0.4, -0.2) is 27.5 Å². The zero-order valence-electron chi connectivity index (χ0n) is 17.7. The fourth-order valence-electron chi connectivity index (χ4n) is 2.88. The first-order valence-corrected chi connectivity index (χ1v) is 11.0. The van der Waals surface area contributed by atoms with Crippen LogP contribution in [0, 0.1) is 13.8 Å². The van der Waals surface area contributed by atoms with E-state index < -0.39 is 22.1 Å². The van der Waals surface area contributed by atoms with E-state index in [1.807, 2.05) is 19.1 Å². The number of hydrogen-bond acceptors (Lipinski definition) is 6. The Morgan fingerprint density at radius 1 is 0.875 bits per heavy atom. The second-order valence-electron chi connectivity index (χ2n) is 6.95. The number of anilines is 2. The van der Waals surface area contributed by atoms with Crippen molar-refractivity contribution in [3.8, 4) is 5.75 Å². The topological polar surface area (TPSA) is 111 Å². The van der Waals surface area contributed by atoms with Gasteiger partial charge in [-0.1, -0.05) is 30.3 Å². The quantitative estimate of drug-likeness (QED) is 0.419. The van der Waals surface area contributed by atoms with E-state index in [0.717, 1.165) is 18.2 Å². The number of carbonyl (C=O) groups excluding carboxylic acids is 2. The van der Waals surface area contributed by atoms with Crippen molar-refractivity contribution in [1.82, 2.24) is 0 Å². The summed E-state index contributed by atoms with van der Waals surface area (Å²) in [5.41, 5.74) is 2.33. The molecule has 0 aliphatic rings. The number of hydrogen-bond donors (Lipinski definition) is 2. The lowest BCUT2D eigenvalue weighted by Gasteiger charge is -2.13. The van der Waals surface area contributed by atoms with E-state index in [9.17, 15) is 18.0 Å². The van der Waals surface area contributed by atoms with Gasteiger partial charge in [-0.15, -0.1) is 0 Å². The second kappa shape index (κ2) is 9.52. The van der Waals surface area contributed by atoms with E-state index in [2.05, 4.69) is 10.6 Å². The van der Waals surface area contributed by atoms with Crippen molar-refractivity contribution < 1.29 is 26.9 Å². The van der Waals surface area contributed by atoms with Crippen LogP contribution in [-0.2, 0) is 14.9 Å². The highest BCUT2D eigenvalue weighted by Crippen LogP contribution is 2.27. The van der Waals surface area contributed by atoms with Gasteiger partial charge in [0.05, 0.1) is 7.11 Å². The molecule has 9 heteroatoms. The summed E-state index contributed by atoms with van der Waals surface area (Å²) in [6.07, 6.45) is 0. The first-order chi connectivity index (χ1) is 15.2. The Kier molecular flexibility index (Phi) is 6.79. The van der Waals surface area contributed by atoms with E-state index in [1.165, 1.54) is 30.3 Å². The van der Waals surface area contributed by atoms with Gasteiger partial charge >= 0.3 is 22.1 Å². The highest BCUT2D eigenvalue weighted by Gasteiger charge is 2.22. The maximum absolute atomic E-state index is 12.7. The van der Waals surface area contributed by atoms with Gasteiger partial charge in [0.2, 0.25) is 0 Å². The van der Waals surface area contributed by atoms with E-state index in [0.29, 0.717) is 5.69 Å². The number of amides is 2. The van der Waals surface area contributed by atoms with Crippen LogP contribution < -0.4 is 14.8 Å². The van der Waals surface area contributed by atoms with Crippen LogP contribution >= 0.6 is 0 Å². The summed E-state index contributed by atoms with van der Waals surface area (Å²) in [6, 6.07) is 16.9. The van der Waals surface area contributed by atoms with E-state index in [1.54, 1.807) is 31.2 Å². The number of methoxy groups -OCH3 is 1. The van der Waals surface area contributed by atoms with Crippen molar-refractivity contribution in [2.24, 2.45) is 0 Å². The van der Waals surface area contributed by atoms with E-state index >= 15 is 0 Å². The average Bonchev–Trinajstić information content (AvgIpc) is 2.75. The van der Waals surface area contributed by atoms with Crippen molar-refractivity contribution in [3.05, 3.63) is 83.4 Å². The van der Waals surface area contributed by atoms with Crippen molar-refractivity contribution in [1.29, 1.82) is 0 Å². The third kappa shape index (κ3) is 5.44. The minimum atomic E-state index is -4.19. The molecule has 0 aromatic heterocycles. The molecule has 0 fully saturated rings. The van der Waals surface area contributed by atoms with Gasteiger partial charge in [0.1, 0.15) is 10.5 Å². The highest BCUT2D eigenvalue weighted by molar-refractivity contribution is 7.87. The zero-order valence-corrected chi connectivity index (χ0v) is 18.5. The molecule has 3 rings (SSSR count). The van der Waals surface area contributed by atoms with Crippen LogP contribution in [0.5, 0.6) is 5.75 Å². The van der Waals surface area contributed by atoms with Gasteiger partial charge < -0.3 is 19.6 Å². The number of para-hydroxylation sites is 1. The average molecular weight is 455 g/mol. The highest BCUT2D eigenvalue weighted by atomic mass is 32.2. The van der Waals surface area contributed by atoms with Crippen LogP contribution in [0.15, 0.2) is 71.6 Å². The Hall–Kier alpha value is -3.85. The zero-order chi connectivity index (χ0) is 23.3. The minimum absolute atomic E-state index is 0.0480. The van der Waals surface area contributed by atoms with Gasteiger partial charge in [0, 0.05) is 11.4 Å². The maximum atomic E-state index is 12.7. The standard InChI is InChI=1S/C23H22N2O6S/c1-15-7-6-9-18(13-15)32(28,29)31-21-12-11-17(14-19(21)22(26)30-3)24-23(27)25-20-10-5-4-8-16(20)2/h4-14H,1-3H3,(H2,24,25,27). The van der Waals surface area contributed by atoms with Gasteiger partial charge in [0.15, 0.2) is 5.75 Å². The SMILES string of the molecule is COC(=O)c1cc(NC(=O)Nc2ccccc2C)ccc1OS(=O)(=O)c1cccc(C)c1. The number of esters is 1. The summed E-state index contributed by atoms with van der Waals surface area (Å²) in [5, 5.41) is 5.31. The molecule has 166 valence electrons. The van der Waals surface area contributed by atoms with E-state index in [-0.39, 0.29) is 21.9 Å². The lowest BCUT2D eigenvalue weighted by Crippen LogP contribution is -2.20. The molecule has 0 spiro atoms. The minimum Gasteiger partial charge on any atom is -0.465 e. The van der Waals surface area contributed by atoms with Crippen LogP contribution in [0.1, 0.15) is 21.5 Å². The van der Waals surface area contributed by atoms with Crippen LogP contribution in [0.2, 0.25) is 0 Å². The first-order valence-electron chi connectivity index (χ1n) is 9.57. The molecule has 0 heterocycles. The van der Waals surface area contributed by atoms with Crippen molar-refractivity contribution in [3.63, 3.8) is 0 Å². The lowest BCUT2D eigenvalue weighted by atomic mass is 10.2. The Balaban J connectivity index is 1.85. The van der Waals surface area contributed by atoms with Gasteiger partial charge in [0.25, 0.3) is 0 Å². The van der Waals surface area contributed by atoms with Gasteiger partial charge in [-0.2, -0.15) is 8.42 Å². The van der Waals surface area contributed by atoms with Gasteiger partial charge in [-0.25, -0.2) is 9.59 Å². The number of urea groups is 1. The Morgan fingerprint density at radius 2 is 1.62 bits per heavy atom. The number of ether oxygens (including phenoxy) is 1. The molecule has 2 amide bonds. The fraction of sp³-hybridized carbons (Fsp3) is 0.130. The number of aryl methyl sites for hydroxylation is 2. The number of carbonyl (C=O) groups is 2. The lowest BCUT2D eigenvalue weighted by molar-refractivity contribution is 0.0599. The summed E-state index contributed by atoms with van der Waals surface area (Å²) in [6.45, 7) is 3.60. The summed E-state index contributed by atoms with van der Waals surface area (Å²) in [5.74, 6) is -1.04. The number of benzene rings is 3. The van der Waals surface area contributed by atoms with Crippen LogP contribution in [0.25, 0.3) is 0 Å². The molecule has 3 aromatic carbocycles. The van der Waals surface area contributed by atoms with Crippen molar-refractivity contribution in [2.45, 2.75) is 18.7 Å². The van der Waals surface area contributed by atoms with Crippen molar-refractivity contribution >= 4 is 33.5 Å². The largest absolute Gasteiger partial charge is 0.465 e. The molecule has 0 aliphatic heterocycles. The summed E-state index contributed by atoms with van der Waals surface area (Å²) < 4.78 is 35.3. The monoisotopic (exact) mass is 454 g/mol. The predicted octanol–water partition coefficient (Wildman–Crippen LogP) is 4.50. The Labute approximate surface area is 186 Å². The number of nitrogens with one attached hydrogen (secondary N) is 2. The predicted molar refractivity (Wildman–Crippen MR) is 121 cm³/mol. The molecular formula is C23H22N2O6S.